The third kappa shape index (κ3) is 5.87. The summed E-state index contributed by atoms with van der Waals surface area (Å²) in [5.41, 5.74) is 2.08. The Morgan fingerprint density at radius 1 is 1.08 bits per heavy atom. The number of halogens is 1. The number of ether oxygens (including phenoxy) is 1. The highest BCUT2D eigenvalue weighted by molar-refractivity contribution is 6.32. The van der Waals surface area contributed by atoms with Gasteiger partial charge in [-0.05, 0) is 43.3 Å². The van der Waals surface area contributed by atoms with E-state index in [-0.39, 0.29) is 5.91 Å². The number of nitrogens with one attached hydrogen (secondary N) is 2. The number of hydrogen-bond acceptors (Lipinski definition) is 3. The minimum atomic E-state index is 0.0621. The fourth-order valence-corrected chi connectivity index (χ4v) is 2.49. The molecule has 2 aromatic rings. The number of rotatable bonds is 9. The highest BCUT2D eigenvalue weighted by Crippen LogP contribution is 2.24. The van der Waals surface area contributed by atoms with Gasteiger partial charge in [-0.2, -0.15) is 0 Å². The molecule has 0 unspecified atom stereocenters. The van der Waals surface area contributed by atoms with Crippen LogP contribution in [0, 0.1) is 0 Å². The molecule has 0 bridgehead atoms. The Balaban J connectivity index is 1.90. The van der Waals surface area contributed by atoms with E-state index in [4.69, 9.17) is 16.3 Å². The van der Waals surface area contributed by atoms with Crippen molar-refractivity contribution >= 4 is 17.5 Å². The summed E-state index contributed by atoms with van der Waals surface area (Å²) >= 11 is 6.11. The monoisotopic (exact) mass is 346 g/mol. The molecule has 5 heteroatoms. The van der Waals surface area contributed by atoms with Crippen LogP contribution in [0.1, 0.15) is 24.0 Å². The molecular weight excluding hydrogens is 324 g/mol. The Morgan fingerprint density at radius 3 is 2.54 bits per heavy atom. The van der Waals surface area contributed by atoms with E-state index < -0.39 is 0 Å². The number of amides is 1. The van der Waals surface area contributed by atoms with Crippen molar-refractivity contribution in [3.05, 3.63) is 64.7 Å². The average Bonchev–Trinajstić information content (AvgIpc) is 2.60. The van der Waals surface area contributed by atoms with Crippen molar-refractivity contribution in [2.75, 3.05) is 13.6 Å². The van der Waals surface area contributed by atoms with Gasteiger partial charge in [0.15, 0.2) is 0 Å². The first-order valence-corrected chi connectivity index (χ1v) is 8.44. The largest absolute Gasteiger partial charge is 0.487 e. The first-order chi connectivity index (χ1) is 11.7. The first kappa shape index (κ1) is 18.3. The normalized spacial score (nSPS) is 10.4. The summed E-state index contributed by atoms with van der Waals surface area (Å²) in [6.45, 7) is 1.76. The SMILES string of the molecule is CNCCCC(=O)NCc1ccccc1COc1ccccc1Cl. The van der Waals surface area contributed by atoms with E-state index in [9.17, 15) is 4.79 Å². The second kappa shape index (κ2) is 9.96. The molecule has 0 radical (unpaired) electrons. The average molecular weight is 347 g/mol. The summed E-state index contributed by atoms with van der Waals surface area (Å²) in [6, 6.07) is 15.3. The van der Waals surface area contributed by atoms with Crippen LogP contribution in [-0.4, -0.2) is 19.5 Å². The molecule has 0 fully saturated rings. The van der Waals surface area contributed by atoms with Crippen LogP contribution in [0.15, 0.2) is 48.5 Å². The Morgan fingerprint density at radius 2 is 1.79 bits per heavy atom. The van der Waals surface area contributed by atoms with Gasteiger partial charge in [-0.15, -0.1) is 0 Å². The van der Waals surface area contributed by atoms with Crippen LogP contribution in [0.3, 0.4) is 0 Å². The van der Waals surface area contributed by atoms with Crippen molar-refractivity contribution < 1.29 is 9.53 Å². The van der Waals surface area contributed by atoms with Crippen LogP contribution >= 0.6 is 11.6 Å². The summed E-state index contributed by atoms with van der Waals surface area (Å²) in [5, 5.41) is 6.59. The van der Waals surface area contributed by atoms with Crippen molar-refractivity contribution in [1.82, 2.24) is 10.6 Å². The maximum absolute atomic E-state index is 11.8. The van der Waals surface area contributed by atoms with Gasteiger partial charge >= 0.3 is 0 Å². The number of hydrogen-bond donors (Lipinski definition) is 2. The predicted molar refractivity (Wildman–Crippen MR) is 97.2 cm³/mol. The topological polar surface area (TPSA) is 50.4 Å². The Labute approximate surface area is 148 Å². The maximum Gasteiger partial charge on any atom is 0.220 e. The van der Waals surface area contributed by atoms with Crippen molar-refractivity contribution in [2.45, 2.75) is 26.0 Å². The molecule has 0 saturated heterocycles. The number of carbonyl (C=O) groups excluding carboxylic acids is 1. The van der Waals surface area contributed by atoms with Gasteiger partial charge in [0, 0.05) is 13.0 Å². The molecule has 0 aliphatic rings. The molecule has 24 heavy (non-hydrogen) atoms. The van der Waals surface area contributed by atoms with Crippen molar-refractivity contribution in [2.24, 2.45) is 0 Å². The fraction of sp³-hybridized carbons (Fsp3) is 0.316. The van der Waals surface area contributed by atoms with Gasteiger partial charge in [0.1, 0.15) is 12.4 Å². The van der Waals surface area contributed by atoms with E-state index in [0.29, 0.717) is 30.3 Å². The molecular formula is C19H23ClN2O2. The Kier molecular flexibility index (Phi) is 7.59. The zero-order chi connectivity index (χ0) is 17.2. The van der Waals surface area contributed by atoms with Crippen LogP contribution in [0.5, 0.6) is 5.75 Å². The molecule has 0 saturated carbocycles. The molecule has 0 heterocycles. The molecule has 0 aliphatic carbocycles. The zero-order valence-electron chi connectivity index (χ0n) is 13.8. The van der Waals surface area contributed by atoms with E-state index in [1.165, 1.54) is 0 Å². The number of para-hydroxylation sites is 1. The van der Waals surface area contributed by atoms with Gasteiger partial charge in [-0.3, -0.25) is 4.79 Å². The lowest BCUT2D eigenvalue weighted by Gasteiger charge is -2.13. The van der Waals surface area contributed by atoms with E-state index in [1.807, 2.05) is 49.5 Å². The van der Waals surface area contributed by atoms with Crippen molar-refractivity contribution in [1.29, 1.82) is 0 Å². The minimum absolute atomic E-state index is 0.0621. The van der Waals surface area contributed by atoms with Crippen LogP contribution in [-0.2, 0) is 17.9 Å². The molecule has 2 rings (SSSR count). The molecule has 2 aromatic carbocycles. The molecule has 0 aromatic heterocycles. The highest BCUT2D eigenvalue weighted by Gasteiger charge is 2.07. The Hall–Kier alpha value is -2.04. The van der Waals surface area contributed by atoms with Crippen LogP contribution < -0.4 is 15.4 Å². The molecule has 0 atom stereocenters. The predicted octanol–water partition coefficient (Wildman–Crippen LogP) is 3.53. The van der Waals surface area contributed by atoms with Gasteiger partial charge < -0.3 is 15.4 Å². The molecule has 2 N–H and O–H groups in total. The van der Waals surface area contributed by atoms with E-state index in [2.05, 4.69) is 10.6 Å². The second-order valence-electron chi connectivity index (χ2n) is 5.47. The highest BCUT2D eigenvalue weighted by atomic mass is 35.5. The molecule has 1 amide bonds. The van der Waals surface area contributed by atoms with Gasteiger partial charge in [0.25, 0.3) is 0 Å². The van der Waals surface area contributed by atoms with Crippen LogP contribution in [0.4, 0.5) is 0 Å². The van der Waals surface area contributed by atoms with Gasteiger partial charge in [-0.25, -0.2) is 0 Å². The van der Waals surface area contributed by atoms with Gasteiger partial charge in [0.05, 0.1) is 5.02 Å². The number of carbonyl (C=O) groups is 1. The smallest absolute Gasteiger partial charge is 0.220 e. The molecule has 4 nitrogen and oxygen atoms in total. The maximum atomic E-state index is 11.8. The summed E-state index contributed by atoms with van der Waals surface area (Å²) in [4.78, 5) is 11.8. The number of benzene rings is 2. The summed E-state index contributed by atoms with van der Waals surface area (Å²) in [5.74, 6) is 0.720. The van der Waals surface area contributed by atoms with Crippen LogP contribution in [0.25, 0.3) is 0 Å². The van der Waals surface area contributed by atoms with Gasteiger partial charge in [0.2, 0.25) is 5.91 Å². The van der Waals surface area contributed by atoms with Crippen molar-refractivity contribution in [3.63, 3.8) is 0 Å². The lowest BCUT2D eigenvalue weighted by molar-refractivity contribution is -0.121. The quantitative estimate of drug-likeness (QED) is 0.683. The fourth-order valence-electron chi connectivity index (χ4n) is 2.30. The van der Waals surface area contributed by atoms with Gasteiger partial charge in [-0.1, -0.05) is 48.0 Å². The van der Waals surface area contributed by atoms with E-state index in [1.54, 1.807) is 6.07 Å². The second-order valence-corrected chi connectivity index (χ2v) is 5.88. The van der Waals surface area contributed by atoms with E-state index in [0.717, 1.165) is 24.1 Å². The lowest BCUT2D eigenvalue weighted by Crippen LogP contribution is -2.24. The lowest BCUT2D eigenvalue weighted by atomic mass is 10.1. The molecule has 128 valence electrons. The third-order valence-corrected chi connectivity index (χ3v) is 3.96. The summed E-state index contributed by atoms with van der Waals surface area (Å²) < 4.78 is 5.80. The first-order valence-electron chi connectivity index (χ1n) is 8.06. The third-order valence-electron chi connectivity index (χ3n) is 3.64. The molecule has 0 spiro atoms. The Bertz CT molecular complexity index is 661. The summed E-state index contributed by atoms with van der Waals surface area (Å²) in [6.07, 6.45) is 1.36. The van der Waals surface area contributed by atoms with Crippen molar-refractivity contribution in [3.8, 4) is 5.75 Å². The standard InChI is InChI=1S/C19H23ClN2O2/c1-21-12-6-11-19(23)22-13-15-7-2-3-8-16(15)14-24-18-10-5-4-9-17(18)20/h2-5,7-10,21H,6,11-14H2,1H3,(H,22,23). The zero-order valence-corrected chi connectivity index (χ0v) is 14.6. The molecule has 0 aliphatic heterocycles. The minimum Gasteiger partial charge on any atom is -0.487 e. The van der Waals surface area contributed by atoms with E-state index >= 15 is 0 Å². The van der Waals surface area contributed by atoms with Crippen LogP contribution in [0.2, 0.25) is 5.02 Å². The summed E-state index contributed by atoms with van der Waals surface area (Å²) in [7, 11) is 1.88.